The smallest absolute Gasteiger partial charge is 0.306 e. The van der Waals surface area contributed by atoms with E-state index in [1.54, 1.807) is 34.2 Å². The summed E-state index contributed by atoms with van der Waals surface area (Å²) in [5.74, 6) is -1.26. The second-order valence-corrected chi connectivity index (χ2v) is 6.95. The van der Waals surface area contributed by atoms with Crippen LogP contribution in [0.5, 0.6) is 0 Å². The van der Waals surface area contributed by atoms with Crippen molar-refractivity contribution in [2.45, 2.75) is 13.3 Å². The highest BCUT2D eigenvalue weighted by atomic mass is 32.1. The lowest BCUT2D eigenvalue weighted by atomic mass is 9.87. The first-order valence-electron chi connectivity index (χ1n) is 7.57. The van der Waals surface area contributed by atoms with Crippen molar-refractivity contribution < 1.29 is 14.7 Å². The molecule has 0 spiro atoms. The number of amides is 1. The first-order valence-corrected chi connectivity index (χ1v) is 8.45. The molecule has 0 saturated carbocycles. The highest BCUT2D eigenvalue weighted by Crippen LogP contribution is 2.29. The summed E-state index contributed by atoms with van der Waals surface area (Å²) in [6.07, 6.45) is 2.24. The van der Waals surface area contributed by atoms with E-state index in [1.807, 2.05) is 24.4 Å². The lowest BCUT2D eigenvalue weighted by Gasteiger charge is -2.34. The normalized spacial score (nSPS) is 21.4. The Kier molecular flexibility index (Phi) is 4.21. The number of carbonyl (C=O) groups is 2. The van der Waals surface area contributed by atoms with Crippen LogP contribution in [0.25, 0.3) is 10.6 Å². The largest absolute Gasteiger partial charge is 0.481 e. The van der Waals surface area contributed by atoms with Crippen molar-refractivity contribution in [2.75, 3.05) is 13.1 Å². The van der Waals surface area contributed by atoms with Gasteiger partial charge in [-0.2, -0.15) is 5.10 Å². The Morgan fingerprint density at radius 1 is 1.43 bits per heavy atom. The zero-order valence-corrected chi connectivity index (χ0v) is 13.9. The van der Waals surface area contributed by atoms with Crippen LogP contribution in [0.1, 0.15) is 23.7 Å². The molecule has 1 aliphatic heterocycles. The summed E-state index contributed by atoms with van der Waals surface area (Å²) in [7, 11) is 1.80. The fourth-order valence-electron chi connectivity index (χ4n) is 3.11. The molecule has 6 nitrogen and oxygen atoms in total. The van der Waals surface area contributed by atoms with Gasteiger partial charge in [0.05, 0.1) is 16.4 Å². The topological polar surface area (TPSA) is 75.4 Å². The van der Waals surface area contributed by atoms with E-state index >= 15 is 0 Å². The van der Waals surface area contributed by atoms with Crippen LogP contribution >= 0.6 is 11.3 Å². The van der Waals surface area contributed by atoms with Crippen LogP contribution < -0.4 is 0 Å². The van der Waals surface area contributed by atoms with Crippen LogP contribution in [0.4, 0.5) is 0 Å². The Labute approximate surface area is 138 Å². The van der Waals surface area contributed by atoms with Crippen molar-refractivity contribution in [2.24, 2.45) is 18.9 Å². The molecule has 3 heterocycles. The molecule has 1 aliphatic rings. The van der Waals surface area contributed by atoms with Crippen LogP contribution in [0.3, 0.4) is 0 Å². The Hall–Kier alpha value is -2.15. The first-order chi connectivity index (χ1) is 11.0. The molecule has 3 rings (SSSR count). The van der Waals surface area contributed by atoms with E-state index in [9.17, 15) is 14.7 Å². The van der Waals surface area contributed by atoms with Gasteiger partial charge in [0.15, 0.2) is 0 Å². The van der Waals surface area contributed by atoms with Crippen LogP contribution in [0, 0.1) is 11.8 Å². The molecule has 1 amide bonds. The molecule has 23 heavy (non-hydrogen) atoms. The molecule has 1 fully saturated rings. The van der Waals surface area contributed by atoms with Crippen molar-refractivity contribution in [3.63, 3.8) is 0 Å². The second kappa shape index (κ2) is 6.16. The number of likely N-dealkylation sites (tertiary alicyclic amines) is 1. The molecule has 0 aromatic carbocycles. The Balaban J connectivity index is 1.83. The molecule has 0 bridgehead atoms. The number of rotatable bonds is 3. The third kappa shape index (κ3) is 3.01. The summed E-state index contributed by atoms with van der Waals surface area (Å²) in [6, 6.07) is 3.88. The standard InChI is InChI=1S/C16H19N3O3S/c1-10-8-19(6-5-11(10)16(21)22)15(20)12-9-18(2)17-14(12)13-4-3-7-23-13/h3-4,7,9-11H,5-6,8H2,1-2H3,(H,21,22). The van der Waals surface area contributed by atoms with Crippen molar-refractivity contribution >= 4 is 23.2 Å². The van der Waals surface area contributed by atoms with Gasteiger partial charge in [-0.3, -0.25) is 14.3 Å². The average Bonchev–Trinajstić information content (AvgIpc) is 3.14. The molecule has 1 saturated heterocycles. The molecule has 7 heteroatoms. The van der Waals surface area contributed by atoms with Crippen LogP contribution in [-0.4, -0.2) is 44.8 Å². The summed E-state index contributed by atoms with van der Waals surface area (Å²) in [6.45, 7) is 2.83. The number of hydrogen-bond donors (Lipinski definition) is 1. The highest BCUT2D eigenvalue weighted by molar-refractivity contribution is 7.13. The van der Waals surface area contributed by atoms with Crippen molar-refractivity contribution in [3.8, 4) is 10.6 Å². The van der Waals surface area contributed by atoms with E-state index < -0.39 is 5.97 Å². The summed E-state index contributed by atoms with van der Waals surface area (Å²) >= 11 is 1.55. The third-order valence-electron chi connectivity index (χ3n) is 4.32. The molecule has 1 N–H and O–H groups in total. The van der Waals surface area contributed by atoms with Gasteiger partial charge >= 0.3 is 5.97 Å². The maximum atomic E-state index is 12.9. The predicted octanol–water partition coefficient (Wildman–Crippen LogP) is 2.33. The van der Waals surface area contributed by atoms with Crippen molar-refractivity contribution in [3.05, 3.63) is 29.3 Å². The van der Waals surface area contributed by atoms with Crippen LogP contribution in [0.15, 0.2) is 23.7 Å². The first kappa shape index (κ1) is 15.7. The predicted molar refractivity (Wildman–Crippen MR) is 87.3 cm³/mol. The zero-order chi connectivity index (χ0) is 16.6. The minimum absolute atomic E-state index is 0.0490. The number of nitrogens with zero attached hydrogens (tertiary/aromatic N) is 3. The minimum atomic E-state index is -0.773. The fourth-order valence-corrected chi connectivity index (χ4v) is 3.83. The lowest BCUT2D eigenvalue weighted by molar-refractivity contribution is -0.145. The Morgan fingerprint density at radius 2 is 2.22 bits per heavy atom. The number of carboxylic acids is 1. The number of carbonyl (C=O) groups excluding carboxylic acids is 1. The monoisotopic (exact) mass is 333 g/mol. The summed E-state index contributed by atoms with van der Waals surface area (Å²) < 4.78 is 1.65. The summed E-state index contributed by atoms with van der Waals surface area (Å²) in [4.78, 5) is 26.8. The SMILES string of the molecule is CC1CN(C(=O)c2cn(C)nc2-c2cccs2)CCC1C(=O)O. The minimum Gasteiger partial charge on any atom is -0.481 e. The number of piperidine rings is 1. The van der Waals surface area contributed by atoms with E-state index in [0.717, 1.165) is 4.88 Å². The van der Waals surface area contributed by atoms with Gasteiger partial charge in [-0.1, -0.05) is 13.0 Å². The Bertz CT molecular complexity index is 723. The van der Waals surface area contributed by atoms with Gasteiger partial charge in [-0.25, -0.2) is 0 Å². The van der Waals surface area contributed by atoms with Gasteiger partial charge in [0.2, 0.25) is 0 Å². The van der Waals surface area contributed by atoms with E-state index in [-0.39, 0.29) is 17.7 Å². The fraction of sp³-hybridized carbons (Fsp3) is 0.438. The maximum absolute atomic E-state index is 12.9. The molecule has 2 aromatic rings. The molecule has 122 valence electrons. The summed E-state index contributed by atoms with van der Waals surface area (Å²) in [5.41, 5.74) is 1.27. The second-order valence-electron chi connectivity index (χ2n) is 6.00. The number of aromatic nitrogens is 2. The lowest BCUT2D eigenvalue weighted by Crippen LogP contribution is -2.45. The van der Waals surface area contributed by atoms with E-state index in [2.05, 4.69) is 5.10 Å². The molecule has 2 aromatic heterocycles. The van der Waals surface area contributed by atoms with Crippen LogP contribution in [-0.2, 0) is 11.8 Å². The number of thiophene rings is 1. The van der Waals surface area contributed by atoms with Gasteiger partial charge in [0, 0.05) is 26.3 Å². The van der Waals surface area contributed by atoms with Gasteiger partial charge < -0.3 is 10.0 Å². The van der Waals surface area contributed by atoms with Crippen molar-refractivity contribution in [1.29, 1.82) is 0 Å². The van der Waals surface area contributed by atoms with Crippen LogP contribution in [0.2, 0.25) is 0 Å². The van der Waals surface area contributed by atoms with Gasteiger partial charge in [0.1, 0.15) is 5.69 Å². The van der Waals surface area contributed by atoms with Gasteiger partial charge in [-0.05, 0) is 23.8 Å². The van der Waals surface area contributed by atoms with E-state index in [0.29, 0.717) is 30.8 Å². The average molecular weight is 333 g/mol. The molecular formula is C16H19N3O3S. The maximum Gasteiger partial charge on any atom is 0.306 e. The Morgan fingerprint density at radius 3 is 2.83 bits per heavy atom. The molecule has 2 atom stereocenters. The quantitative estimate of drug-likeness (QED) is 0.935. The van der Waals surface area contributed by atoms with Gasteiger partial charge in [-0.15, -0.1) is 11.3 Å². The highest BCUT2D eigenvalue weighted by Gasteiger charge is 2.34. The number of hydrogen-bond acceptors (Lipinski definition) is 4. The van der Waals surface area contributed by atoms with E-state index in [1.165, 1.54) is 0 Å². The number of aliphatic carboxylic acids is 1. The molecule has 2 unspecified atom stereocenters. The molecular weight excluding hydrogens is 314 g/mol. The third-order valence-corrected chi connectivity index (χ3v) is 5.20. The molecule has 0 aliphatic carbocycles. The van der Waals surface area contributed by atoms with E-state index in [4.69, 9.17) is 0 Å². The number of carboxylic acid groups (broad SMARTS) is 1. The summed E-state index contributed by atoms with van der Waals surface area (Å²) in [5, 5.41) is 15.6. The molecule has 0 radical (unpaired) electrons. The zero-order valence-electron chi connectivity index (χ0n) is 13.1. The number of aryl methyl sites for hydroxylation is 1. The van der Waals surface area contributed by atoms with Crippen molar-refractivity contribution in [1.82, 2.24) is 14.7 Å². The van der Waals surface area contributed by atoms with Gasteiger partial charge in [0.25, 0.3) is 5.91 Å².